The summed E-state index contributed by atoms with van der Waals surface area (Å²) in [5.41, 5.74) is 0.890. The molecule has 0 spiro atoms. The van der Waals surface area contributed by atoms with Gasteiger partial charge in [0, 0.05) is 19.8 Å². The van der Waals surface area contributed by atoms with Crippen LogP contribution in [0, 0.1) is 5.41 Å². The fraction of sp³-hybridized carbons (Fsp3) is 0.833. The summed E-state index contributed by atoms with van der Waals surface area (Å²) in [7, 11) is 1.69. The Morgan fingerprint density at radius 2 is 2.00 bits per heavy atom. The molecule has 0 saturated carbocycles. The molecule has 0 aromatic rings. The molecule has 1 saturated heterocycles. The highest BCUT2D eigenvalue weighted by Gasteiger charge is 2.42. The molecular weight excluding hydrogens is 278 g/mol. The minimum atomic E-state index is -0.351. The number of esters is 1. The topological polar surface area (TPSA) is 38.8 Å². The van der Waals surface area contributed by atoms with Gasteiger partial charge in [0.15, 0.2) is 0 Å². The van der Waals surface area contributed by atoms with Gasteiger partial charge in [0.25, 0.3) is 0 Å². The largest absolute Gasteiger partial charge is 0.466 e. The van der Waals surface area contributed by atoms with Gasteiger partial charge in [0.05, 0.1) is 12.0 Å². The lowest BCUT2D eigenvalue weighted by Crippen LogP contribution is -2.48. The number of likely N-dealkylation sites (tertiary alicyclic amines) is 1. The Labute approximate surface area is 135 Å². The van der Waals surface area contributed by atoms with Crippen LogP contribution in [0.2, 0.25) is 0 Å². The molecule has 1 aliphatic rings. The third-order valence-corrected chi connectivity index (χ3v) is 4.86. The summed E-state index contributed by atoms with van der Waals surface area (Å²) >= 11 is 0. The average molecular weight is 311 g/mol. The summed E-state index contributed by atoms with van der Waals surface area (Å²) in [5.74, 6) is -0.0405. The molecule has 0 bridgehead atoms. The predicted octanol–water partition coefficient (Wildman–Crippen LogP) is 3.41. The van der Waals surface area contributed by atoms with Gasteiger partial charge < -0.3 is 14.4 Å². The quantitative estimate of drug-likeness (QED) is 0.483. The predicted molar refractivity (Wildman–Crippen MR) is 89.9 cm³/mol. The van der Waals surface area contributed by atoms with Gasteiger partial charge in [0.1, 0.15) is 0 Å². The molecule has 1 heterocycles. The lowest BCUT2D eigenvalue weighted by Gasteiger charge is -2.42. The summed E-state index contributed by atoms with van der Waals surface area (Å²) in [5, 5.41) is 0. The zero-order chi connectivity index (χ0) is 16.6. The SMILES string of the molecule is C=C(C)CCC(C)N1CCC(CCOC)(C(=O)OCC)CC1. The number of hydrogen-bond acceptors (Lipinski definition) is 4. The lowest BCUT2D eigenvalue weighted by molar-refractivity contribution is -0.160. The molecule has 0 radical (unpaired) electrons. The van der Waals surface area contributed by atoms with Gasteiger partial charge in [0.2, 0.25) is 0 Å². The minimum absolute atomic E-state index is 0.0405. The Hall–Kier alpha value is -0.870. The smallest absolute Gasteiger partial charge is 0.312 e. The van der Waals surface area contributed by atoms with Crippen molar-refractivity contribution in [2.24, 2.45) is 5.41 Å². The van der Waals surface area contributed by atoms with E-state index in [9.17, 15) is 4.79 Å². The standard InChI is InChI=1S/C18H33NO3/c1-6-22-17(20)18(11-14-21-5)9-12-19(13-10-18)16(4)8-7-15(2)3/h16H,2,6-14H2,1,3-5H3. The number of nitrogens with zero attached hydrogens (tertiary/aromatic N) is 1. The van der Waals surface area contributed by atoms with Crippen LogP contribution in [0.5, 0.6) is 0 Å². The van der Waals surface area contributed by atoms with Crippen molar-refractivity contribution in [3.05, 3.63) is 12.2 Å². The van der Waals surface area contributed by atoms with Crippen LogP contribution in [0.15, 0.2) is 12.2 Å². The molecular formula is C18H33NO3. The van der Waals surface area contributed by atoms with Crippen LogP contribution in [0.25, 0.3) is 0 Å². The summed E-state index contributed by atoms with van der Waals surface area (Å²) in [6.45, 7) is 13.2. The normalized spacial score (nSPS) is 19.6. The highest BCUT2D eigenvalue weighted by molar-refractivity contribution is 5.77. The fourth-order valence-corrected chi connectivity index (χ4v) is 3.17. The second-order valence-electron chi connectivity index (χ2n) is 6.62. The third kappa shape index (κ3) is 5.40. The van der Waals surface area contributed by atoms with E-state index in [2.05, 4.69) is 25.3 Å². The zero-order valence-electron chi connectivity index (χ0n) is 14.8. The lowest BCUT2D eigenvalue weighted by atomic mass is 9.75. The number of carbonyl (C=O) groups is 1. The number of piperidine rings is 1. The van der Waals surface area contributed by atoms with Crippen molar-refractivity contribution in [1.29, 1.82) is 0 Å². The van der Waals surface area contributed by atoms with Crippen LogP contribution in [0.3, 0.4) is 0 Å². The van der Waals surface area contributed by atoms with Gasteiger partial charge in [-0.1, -0.05) is 5.57 Å². The molecule has 1 fully saturated rings. The summed E-state index contributed by atoms with van der Waals surface area (Å²) in [4.78, 5) is 14.9. The van der Waals surface area contributed by atoms with E-state index in [0.29, 0.717) is 19.3 Å². The Morgan fingerprint density at radius 1 is 1.36 bits per heavy atom. The molecule has 1 rings (SSSR count). The number of ether oxygens (including phenoxy) is 2. The second-order valence-corrected chi connectivity index (χ2v) is 6.62. The van der Waals surface area contributed by atoms with Gasteiger partial charge in [-0.3, -0.25) is 4.79 Å². The van der Waals surface area contributed by atoms with E-state index >= 15 is 0 Å². The first-order chi connectivity index (χ1) is 10.4. The fourth-order valence-electron chi connectivity index (χ4n) is 3.17. The van der Waals surface area contributed by atoms with Gasteiger partial charge in [-0.05, 0) is 66.0 Å². The van der Waals surface area contributed by atoms with E-state index in [-0.39, 0.29) is 11.4 Å². The molecule has 4 heteroatoms. The van der Waals surface area contributed by atoms with Gasteiger partial charge in [-0.25, -0.2) is 0 Å². The molecule has 4 nitrogen and oxygen atoms in total. The number of carbonyl (C=O) groups excluding carboxylic acids is 1. The minimum Gasteiger partial charge on any atom is -0.466 e. The van der Waals surface area contributed by atoms with Crippen molar-refractivity contribution in [1.82, 2.24) is 4.90 Å². The maximum absolute atomic E-state index is 12.4. The number of rotatable bonds is 9. The maximum atomic E-state index is 12.4. The van der Waals surface area contributed by atoms with E-state index in [1.165, 1.54) is 5.57 Å². The first-order valence-corrected chi connectivity index (χ1v) is 8.49. The highest BCUT2D eigenvalue weighted by atomic mass is 16.5. The van der Waals surface area contributed by atoms with Gasteiger partial charge >= 0.3 is 5.97 Å². The van der Waals surface area contributed by atoms with Crippen LogP contribution in [-0.4, -0.2) is 50.3 Å². The number of allylic oxidation sites excluding steroid dienone is 1. The molecule has 0 aromatic heterocycles. The molecule has 1 atom stereocenters. The van der Waals surface area contributed by atoms with Crippen molar-refractivity contribution in [2.75, 3.05) is 33.4 Å². The van der Waals surface area contributed by atoms with Crippen LogP contribution >= 0.6 is 0 Å². The average Bonchev–Trinajstić information content (AvgIpc) is 2.51. The van der Waals surface area contributed by atoms with Crippen molar-refractivity contribution in [3.63, 3.8) is 0 Å². The Bertz CT molecular complexity index is 359. The van der Waals surface area contributed by atoms with Crippen LogP contribution in [-0.2, 0) is 14.3 Å². The van der Waals surface area contributed by atoms with Crippen molar-refractivity contribution in [3.8, 4) is 0 Å². The summed E-state index contributed by atoms with van der Waals surface area (Å²) < 4.78 is 10.5. The Kier molecular flexibility index (Phi) is 8.12. The molecule has 22 heavy (non-hydrogen) atoms. The number of hydrogen-bond donors (Lipinski definition) is 0. The Balaban J connectivity index is 2.59. The molecule has 0 N–H and O–H groups in total. The summed E-state index contributed by atoms with van der Waals surface area (Å²) in [6.07, 6.45) is 4.71. The molecule has 1 unspecified atom stereocenters. The molecule has 0 amide bonds. The summed E-state index contributed by atoms with van der Waals surface area (Å²) in [6, 6.07) is 0.541. The van der Waals surface area contributed by atoms with E-state index in [4.69, 9.17) is 9.47 Å². The first kappa shape index (κ1) is 19.2. The number of methoxy groups -OCH3 is 1. The highest BCUT2D eigenvalue weighted by Crippen LogP contribution is 2.37. The molecule has 128 valence electrons. The van der Waals surface area contributed by atoms with E-state index < -0.39 is 0 Å². The van der Waals surface area contributed by atoms with E-state index in [1.54, 1.807) is 7.11 Å². The van der Waals surface area contributed by atoms with Crippen LogP contribution < -0.4 is 0 Å². The van der Waals surface area contributed by atoms with E-state index in [1.807, 2.05) is 6.92 Å². The van der Waals surface area contributed by atoms with Crippen LogP contribution in [0.1, 0.15) is 52.9 Å². The van der Waals surface area contributed by atoms with Crippen molar-refractivity contribution >= 4 is 5.97 Å². The monoisotopic (exact) mass is 311 g/mol. The Morgan fingerprint density at radius 3 is 2.50 bits per heavy atom. The van der Waals surface area contributed by atoms with Gasteiger partial charge in [-0.2, -0.15) is 0 Å². The van der Waals surface area contributed by atoms with Crippen molar-refractivity contribution in [2.45, 2.75) is 58.9 Å². The van der Waals surface area contributed by atoms with Crippen LogP contribution in [0.4, 0.5) is 0 Å². The molecule has 0 aliphatic carbocycles. The maximum Gasteiger partial charge on any atom is 0.312 e. The molecule has 1 aliphatic heterocycles. The zero-order valence-corrected chi connectivity index (χ0v) is 14.8. The second kappa shape index (κ2) is 9.31. The van der Waals surface area contributed by atoms with Crippen molar-refractivity contribution < 1.29 is 14.3 Å². The molecule has 0 aromatic carbocycles. The first-order valence-electron chi connectivity index (χ1n) is 8.49. The third-order valence-electron chi connectivity index (χ3n) is 4.86. The van der Waals surface area contributed by atoms with E-state index in [0.717, 1.165) is 45.2 Å². The van der Waals surface area contributed by atoms with Gasteiger partial charge in [-0.15, -0.1) is 6.58 Å².